The number of allylic oxidation sites excluding steroid dienone is 1. The molecule has 1 atom stereocenters. The number of aromatic nitrogens is 3. The Morgan fingerprint density at radius 2 is 1.89 bits per heavy atom. The van der Waals surface area contributed by atoms with Gasteiger partial charge in [0.25, 0.3) is 0 Å². The number of rotatable bonds is 7. The summed E-state index contributed by atoms with van der Waals surface area (Å²) >= 11 is 0. The highest BCUT2D eigenvalue weighted by molar-refractivity contribution is 6.07. The molecule has 2 heterocycles. The SMILES string of the molecule is O=C(C=CC(=O)c1ccccc1)NC[C@H]1CN(c2ccc(-c3cccc4n[nH]nc34)c(F)c2)C(=O)O1. The minimum absolute atomic E-state index is 0.0413. The van der Waals surface area contributed by atoms with Crippen LogP contribution in [0.1, 0.15) is 10.4 Å². The van der Waals surface area contributed by atoms with E-state index >= 15 is 4.39 Å². The first-order chi connectivity index (χ1) is 17.5. The summed E-state index contributed by atoms with van der Waals surface area (Å²) in [7, 11) is 0. The summed E-state index contributed by atoms with van der Waals surface area (Å²) in [5, 5.41) is 13.2. The summed E-state index contributed by atoms with van der Waals surface area (Å²) in [6.45, 7) is 0.170. The number of amides is 2. The van der Waals surface area contributed by atoms with Gasteiger partial charge in [-0.1, -0.05) is 42.5 Å². The Labute approximate surface area is 204 Å². The molecule has 1 fully saturated rings. The third kappa shape index (κ3) is 4.69. The Kier molecular flexibility index (Phi) is 6.23. The fraction of sp³-hybridized carbons (Fsp3) is 0.115. The van der Waals surface area contributed by atoms with Gasteiger partial charge in [0.2, 0.25) is 5.91 Å². The molecule has 0 spiro atoms. The number of anilines is 1. The Bertz CT molecular complexity index is 1480. The van der Waals surface area contributed by atoms with E-state index in [1.165, 1.54) is 17.0 Å². The topological polar surface area (TPSA) is 117 Å². The summed E-state index contributed by atoms with van der Waals surface area (Å²) in [5.41, 5.74) is 2.86. The number of fused-ring (bicyclic) bond motifs is 1. The molecule has 0 saturated carbocycles. The lowest BCUT2D eigenvalue weighted by molar-refractivity contribution is -0.116. The Balaban J connectivity index is 1.21. The monoisotopic (exact) mass is 485 g/mol. The number of carbonyl (C=O) groups is 3. The van der Waals surface area contributed by atoms with Gasteiger partial charge in [-0.05, 0) is 30.3 Å². The molecule has 4 aromatic rings. The lowest BCUT2D eigenvalue weighted by Gasteiger charge is -2.14. The van der Waals surface area contributed by atoms with Crippen LogP contribution < -0.4 is 10.2 Å². The van der Waals surface area contributed by atoms with Crippen LogP contribution in [0.25, 0.3) is 22.2 Å². The van der Waals surface area contributed by atoms with Crippen molar-refractivity contribution in [2.24, 2.45) is 0 Å². The number of cyclic esters (lactones) is 1. The van der Waals surface area contributed by atoms with Gasteiger partial charge in [-0.15, -0.1) is 0 Å². The molecule has 1 saturated heterocycles. The molecule has 1 aromatic heterocycles. The highest BCUT2D eigenvalue weighted by Gasteiger charge is 2.33. The van der Waals surface area contributed by atoms with Gasteiger partial charge in [-0.25, -0.2) is 9.18 Å². The predicted octanol–water partition coefficient (Wildman–Crippen LogP) is 3.64. The number of para-hydroxylation sites is 1. The number of hydrogen-bond donors (Lipinski definition) is 2. The van der Waals surface area contributed by atoms with E-state index < -0.39 is 23.9 Å². The average molecular weight is 485 g/mol. The second-order valence-corrected chi connectivity index (χ2v) is 8.09. The van der Waals surface area contributed by atoms with Crippen LogP contribution in [0.4, 0.5) is 14.9 Å². The summed E-state index contributed by atoms with van der Waals surface area (Å²) in [6.07, 6.45) is 1.04. The highest BCUT2D eigenvalue weighted by Crippen LogP contribution is 2.32. The second-order valence-electron chi connectivity index (χ2n) is 8.09. The predicted molar refractivity (Wildman–Crippen MR) is 130 cm³/mol. The molecule has 5 rings (SSSR count). The lowest BCUT2D eigenvalue weighted by atomic mass is 10.0. The van der Waals surface area contributed by atoms with Gasteiger partial charge < -0.3 is 10.1 Å². The number of ether oxygens (including phenoxy) is 1. The second kappa shape index (κ2) is 9.79. The van der Waals surface area contributed by atoms with E-state index in [9.17, 15) is 14.4 Å². The summed E-state index contributed by atoms with van der Waals surface area (Å²) in [6, 6.07) is 18.3. The van der Waals surface area contributed by atoms with Gasteiger partial charge in [0.05, 0.1) is 18.8 Å². The van der Waals surface area contributed by atoms with Gasteiger partial charge in [0.1, 0.15) is 23.0 Å². The molecule has 9 nitrogen and oxygen atoms in total. The van der Waals surface area contributed by atoms with Crippen molar-refractivity contribution in [3.63, 3.8) is 0 Å². The van der Waals surface area contributed by atoms with Crippen LogP contribution in [0.3, 0.4) is 0 Å². The number of ketones is 1. The molecular weight excluding hydrogens is 465 g/mol. The molecular formula is C26H20FN5O4. The van der Waals surface area contributed by atoms with E-state index in [4.69, 9.17) is 4.74 Å². The average Bonchev–Trinajstić information content (AvgIpc) is 3.53. The number of aromatic amines is 1. The quantitative estimate of drug-likeness (QED) is 0.305. The third-order valence-electron chi connectivity index (χ3n) is 5.72. The maximum Gasteiger partial charge on any atom is 0.414 e. The first-order valence-electron chi connectivity index (χ1n) is 11.1. The smallest absolute Gasteiger partial charge is 0.414 e. The van der Waals surface area contributed by atoms with Crippen molar-refractivity contribution in [2.45, 2.75) is 6.10 Å². The van der Waals surface area contributed by atoms with Gasteiger partial charge >= 0.3 is 6.09 Å². The number of H-pyrrole nitrogens is 1. The number of carbonyl (C=O) groups excluding carboxylic acids is 3. The summed E-state index contributed by atoms with van der Waals surface area (Å²) < 4.78 is 20.4. The van der Waals surface area contributed by atoms with Gasteiger partial charge in [-0.3, -0.25) is 14.5 Å². The summed E-state index contributed by atoms with van der Waals surface area (Å²) in [5.74, 6) is -1.32. The fourth-order valence-corrected chi connectivity index (χ4v) is 3.94. The molecule has 10 heteroatoms. The molecule has 1 aliphatic rings. The van der Waals surface area contributed by atoms with Crippen molar-refractivity contribution >= 4 is 34.5 Å². The fourth-order valence-electron chi connectivity index (χ4n) is 3.94. The minimum atomic E-state index is -0.644. The zero-order chi connectivity index (χ0) is 25.1. The van der Waals surface area contributed by atoms with Crippen LogP contribution in [-0.4, -0.2) is 52.4 Å². The van der Waals surface area contributed by atoms with Crippen molar-refractivity contribution in [2.75, 3.05) is 18.0 Å². The molecule has 0 unspecified atom stereocenters. The van der Waals surface area contributed by atoms with Crippen molar-refractivity contribution in [3.8, 4) is 11.1 Å². The molecule has 0 radical (unpaired) electrons. The minimum Gasteiger partial charge on any atom is -0.442 e. The van der Waals surface area contributed by atoms with Crippen molar-refractivity contribution in [1.82, 2.24) is 20.7 Å². The molecule has 2 N–H and O–H groups in total. The van der Waals surface area contributed by atoms with Crippen LogP contribution in [0.15, 0.2) is 78.9 Å². The molecule has 0 bridgehead atoms. The van der Waals surface area contributed by atoms with Crippen LogP contribution in [0, 0.1) is 5.82 Å². The Morgan fingerprint density at radius 1 is 1.06 bits per heavy atom. The molecule has 36 heavy (non-hydrogen) atoms. The standard InChI is InChI=1S/C26H20FN5O4/c27-21-13-17(9-10-19(21)20-7-4-8-22-25(20)30-31-29-22)32-15-18(36-26(32)35)14-28-24(34)12-11-23(33)16-5-2-1-3-6-16/h1-13,18H,14-15H2,(H,28,34)(H,29,30,31)/t18-/m0/s1. The lowest BCUT2D eigenvalue weighted by Crippen LogP contribution is -2.33. The number of nitrogens with one attached hydrogen (secondary N) is 2. The van der Waals surface area contributed by atoms with Gasteiger partial charge in [0.15, 0.2) is 5.78 Å². The van der Waals surface area contributed by atoms with Gasteiger partial charge in [-0.2, -0.15) is 15.4 Å². The van der Waals surface area contributed by atoms with Crippen LogP contribution in [0.5, 0.6) is 0 Å². The zero-order valence-electron chi connectivity index (χ0n) is 18.8. The third-order valence-corrected chi connectivity index (χ3v) is 5.72. The van der Waals surface area contributed by atoms with E-state index in [-0.39, 0.29) is 18.9 Å². The van der Waals surface area contributed by atoms with Crippen LogP contribution >= 0.6 is 0 Å². The van der Waals surface area contributed by atoms with Crippen LogP contribution in [0.2, 0.25) is 0 Å². The Morgan fingerprint density at radius 3 is 2.69 bits per heavy atom. The van der Waals surface area contributed by atoms with Crippen LogP contribution in [-0.2, 0) is 9.53 Å². The zero-order valence-corrected chi connectivity index (χ0v) is 18.8. The molecule has 2 amide bonds. The first kappa shape index (κ1) is 22.9. The maximum absolute atomic E-state index is 15.0. The maximum atomic E-state index is 15.0. The van der Waals surface area contributed by atoms with Crippen molar-refractivity contribution < 1.29 is 23.5 Å². The molecule has 3 aromatic carbocycles. The molecule has 0 aliphatic carbocycles. The van der Waals surface area contributed by atoms with E-state index in [2.05, 4.69) is 20.7 Å². The van der Waals surface area contributed by atoms with E-state index in [0.29, 0.717) is 33.4 Å². The largest absolute Gasteiger partial charge is 0.442 e. The highest BCUT2D eigenvalue weighted by atomic mass is 19.1. The normalized spacial score (nSPS) is 15.4. The van der Waals surface area contributed by atoms with Gasteiger partial charge in [0, 0.05) is 22.8 Å². The van der Waals surface area contributed by atoms with Crippen molar-refractivity contribution in [3.05, 3.63) is 90.3 Å². The number of benzene rings is 3. The first-order valence-corrected chi connectivity index (χ1v) is 11.1. The number of hydrogen-bond acceptors (Lipinski definition) is 6. The Hall–Kier alpha value is -4.86. The van der Waals surface area contributed by atoms with E-state index in [1.807, 2.05) is 0 Å². The number of nitrogens with zero attached hydrogens (tertiary/aromatic N) is 3. The van der Waals surface area contributed by atoms with E-state index in [0.717, 1.165) is 6.08 Å². The molecule has 180 valence electrons. The van der Waals surface area contributed by atoms with Crippen molar-refractivity contribution in [1.29, 1.82) is 0 Å². The van der Waals surface area contributed by atoms with E-state index in [1.54, 1.807) is 60.7 Å². The molecule has 1 aliphatic heterocycles. The number of halogens is 1. The summed E-state index contributed by atoms with van der Waals surface area (Å²) in [4.78, 5) is 37.9.